The van der Waals surface area contributed by atoms with Crippen LogP contribution in [0, 0.1) is 11.8 Å². The summed E-state index contributed by atoms with van der Waals surface area (Å²) in [6.45, 7) is 5.68. The lowest BCUT2D eigenvalue weighted by atomic mass is 9.92. The van der Waals surface area contributed by atoms with Gasteiger partial charge in [0.2, 0.25) is 5.91 Å². The van der Waals surface area contributed by atoms with Crippen LogP contribution in [0.25, 0.3) is 0 Å². The van der Waals surface area contributed by atoms with Crippen molar-refractivity contribution in [1.29, 1.82) is 0 Å². The van der Waals surface area contributed by atoms with Crippen LogP contribution in [0.2, 0.25) is 0 Å². The Labute approximate surface area is 107 Å². The van der Waals surface area contributed by atoms with E-state index in [9.17, 15) is 4.79 Å². The first-order valence-corrected chi connectivity index (χ1v) is 7.34. The number of rotatable bonds is 6. The van der Waals surface area contributed by atoms with Crippen LogP contribution in [-0.2, 0) is 4.79 Å². The molecule has 0 bridgehead atoms. The Kier molecular flexibility index (Phi) is 6.36. The molecule has 1 aliphatic rings. The maximum Gasteiger partial charge on any atom is 0.217 e. The highest BCUT2D eigenvalue weighted by molar-refractivity contribution is 9.09. The second-order valence-corrected chi connectivity index (χ2v) is 5.49. The van der Waals surface area contributed by atoms with E-state index in [2.05, 4.69) is 27.8 Å². The standard InChI is InChI=1S/C12H23BrN2O/c1-2-10(8-13)9-15-5-3-11(4-6-15)7-12(14)16/h10-11H,2-9H2,1H3,(H2,14,16). The minimum Gasteiger partial charge on any atom is -0.370 e. The highest BCUT2D eigenvalue weighted by Crippen LogP contribution is 2.21. The Balaban J connectivity index is 2.23. The lowest BCUT2D eigenvalue weighted by molar-refractivity contribution is -0.119. The second kappa shape index (κ2) is 7.28. The Morgan fingerprint density at radius 2 is 2.12 bits per heavy atom. The third-order valence-electron chi connectivity index (χ3n) is 3.51. The fraction of sp³-hybridized carbons (Fsp3) is 0.917. The zero-order chi connectivity index (χ0) is 12.0. The van der Waals surface area contributed by atoms with E-state index in [1.807, 2.05) is 0 Å². The van der Waals surface area contributed by atoms with Gasteiger partial charge < -0.3 is 10.6 Å². The number of hydrogen-bond acceptors (Lipinski definition) is 2. The van der Waals surface area contributed by atoms with Gasteiger partial charge in [-0.1, -0.05) is 29.3 Å². The number of nitrogens with zero attached hydrogens (tertiary/aromatic N) is 1. The van der Waals surface area contributed by atoms with E-state index in [1.165, 1.54) is 13.0 Å². The Morgan fingerprint density at radius 1 is 1.50 bits per heavy atom. The highest BCUT2D eigenvalue weighted by atomic mass is 79.9. The fourth-order valence-corrected chi connectivity index (χ4v) is 2.97. The molecule has 1 unspecified atom stereocenters. The van der Waals surface area contributed by atoms with E-state index in [0.717, 1.165) is 37.2 Å². The average Bonchev–Trinajstić information content (AvgIpc) is 2.27. The maximum atomic E-state index is 10.8. The molecule has 3 nitrogen and oxygen atoms in total. The number of nitrogens with two attached hydrogens (primary N) is 1. The molecule has 1 atom stereocenters. The maximum absolute atomic E-state index is 10.8. The van der Waals surface area contributed by atoms with Crippen molar-refractivity contribution in [2.24, 2.45) is 17.6 Å². The Bertz CT molecular complexity index is 211. The number of carbonyl (C=O) groups is 1. The predicted octanol–water partition coefficient (Wildman–Crippen LogP) is 1.99. The molecule has 0 aromatic carbocycles. The number of amides is 1. The third-order valence-corrected chi connectivity index (χ3v) is 4.42. The molecule has 1 amide bonds. The van der Waals surface area contributed by atoms with E-state index in [-0.39, 0.29) is 5.91 Å². The van der Waals surface area contributed by atoms with Crippen molar-refractivity contribution in [3.05, 3.63) is 0 Å². The number of primary amides is 1. The first-order valence-electron chi connectivity index (χ1n) is 6.22. The molecule has 0 saturated carbocycles. The largest absolute Gasteiger partial charge is 0.370 e. The van der Waals surface area contributed by atoms with Crippen LogP contribution in [0.15, 0.2) is 0 Å². The summed E-state index contributed by atoms with van der Waals surface area (Å²) in [4.78, 5) is 13.3. The van der Waals surface area contributed by atoms with Gasteiger partial charge in [-0.2, -0.15) is 0 Å². The minimum atomic E-state index is -0.148. The Morgan fingerprint density at radius 3 is 2.56 bits per heavy atom. The summed E-state index contributed by atoms with van der Waals surface area (Å²) in [5, 5.41) is 1.09. The fourth-order valence-electron chi connectivity index (χ4n) is 2.31. The smallest absolute Gasteiger partial charge is 0.217 e. The van der Waals surface area contributed by atoms with Crippen molar-refractivity contribution in [3.8, 4) is 0 Å². The molecule has 0 aromatic rings. The molecule has 0 spiro atoms. The van der Waals surface area contributed by atoms with Crippen molar-refractivity contribution in [1.82, 2.24) is 4.90 Å². The van der Waals surface area contributed by atoms with Crippen LogP contribution in [0.5, 0.6) is 0 Å². The van der Waals surface area contributed by atoms with Crippen molar-refractivity contribution < 1.29 is 4.79 Å². The predicted molar refractivity (Wildman–Crippen MR) is 70.6 cm³/mol. The van der Waals surface area contributed by atoms with Crippen LogP contribution in [0.1, 0.15) is 32.6 Å². The minimum absolute atomic E-state index is 0.148. The van der Waals surface area contributed by atoms with Gasteiger partial charge in [0.1, 0.15) is 0 Å². The van der Waals surface area contributed by atoms with Gasteiger partial charge in [-0.15, -0.1) is 0 Å². The van der Waals surface area contributed by atoms with Gasteiger partial charge in [-0.3, -0.25) is 4.79 Å². The van der Waals surface area contributed by atoms with Crippen molar-refractivity contribution >= 4 is 21.8 Å². The normalized spacial score (nSPS) is 20.9. The molecule has 16 heavy (non-hydrogen) atoms. The molecule has 1 fully saturated rings. The van der Waals surface area contributed by atoms with Gasteiger partial charge >= 0.3 is 0 Å². The zero-order valence-electron chi connectivity index (χ0n) is 10.1. The topological polar surface area (TPSA) is 46.3 Å². The molecule has 1 aliphatic heterocycles. The molecule has 0 aromatic heterocycles. The molecule has 0 aliphatic carbocycles. The van der Waals surface area contributed by atoms with E-state index in [4.69, 9.17) is 5.73 Å². The van der Waals surface area contributed by atoms with Gasteiger partial charge in [0, 0.05) is 18.3 Å². The van der Waals surface area contributed by atoms with E-state index in [1.54, 1.807) is 0 Å². The SMILES string of the molecule is CCC(CBr)CN1CCC(CC(N)=O)CC1. The van der Waals surface area contributed by atoms with Crippen LogP contribution in [0.3, 0.4) is 0 Å². The van der Waals surface area contributed by atoms with Crippen molar-refractivity contribution in [2.75, 3.05) is 25.0 Å². The summed E-state index contributed by atoms with van der Waals surface area (Å²) in [5.41, 5.74) is 5.22. The van der Waals surface area contributed by atoms with E-state index >= 15 is 0 Å². The number of likely N-dealkylation sites (tertiary alicyclic amines) is 1. The second-order valence-electron chi connectivity index (χ2n) is 4.84. The molecule has 1 saturated heterocycles. The van der Waals surface area contributed by atoms with E-state index < -0.39 is 0 Å². The van der Waals surface area contributed by atoms with Crippen molar-refractivity contribution in [2.45, 2.75) is 32.6 Å². The number of hydrogen-bond donors (Lipinski definition) is 1. The Hall–Kier alpha value is -0.0900. The van der Waals surface area contributed by atoms with Gasteiger partial charge in [0.25, 0.3) is 0 Å². The molecule has 1 rings (SSSR count). The van der Waals surface area contributed by atoms with Crippen LogP contribution in [0.4, 0.5) is 0 Å². The van der Waals surface area contributed by atoms with Gasteiger partial charge in [0.15, 0.2) is 0 Å². The highest BCUT2D eigenvalue weighted by Gasteiger charge is 2.21. The quantitative estimate of drug-likeness (QED) is 0.761. The summed E-state index contributed by atoms with van der Waals surface area (Å²) in [5.74, 6) is 1.14. The molecule has 0 radical (unpaired) electrons. The molecular weight excluding hydrogens is 268 g/mol. The zero-order valence-corrected chi connectivity index (χ0v) is 11.7. The number of piperidine rings is 1. The summed E-state index contributed by atoms with van der Waals surface area (Å²) in [6, 6.07) is 0. The van der Waals surface area contributed by atoms with Crippen LogP contribution in [-0.4, -0.2) is 35.8 Å². The molecule has 4 heteroatoms. The number of halogens is 1. The monoisotopic (exact) mass is 290 g/mol. The first kappa shape index (κ1) is 14.0. The van der Waals surface area contributed by atoms with Gasteiger partial charge in [-0.25, -0.2) is 0 Å². The van der Waals surface area contributed by atoms with Gasteiger partial charge in [0.05, 0.1) is 0 Å². The number of alkyl halides is 1. The molecular formula is C12H23BrN2O. The lowest BCUT2D eigenvalue weighted by Gasteiger charge is -2.33. The summed E-state index contributed by atoms with van der Waals surface area (Å²) in [6.07, 6.45) is 4.05. The molecule has 2 N–H and O–H groups in total. The summed E-state index contributed by atoms with van der Waals surface area (Å²) in [7, 11) is 0. The average molecular weight is 291 g/mol. The third kappa shape index (κ3) is 4.83. The van der Waals surface area contributed by atoms with Crippen LogP contribution >= 0.6 is 15.9 Å². The summed E-state index contributed by atoms with van der Waals surface area (Å²) < 4.78 is 0. The summed E-state index contributed by atoms with van der Waals surface area (Å²) >= 11 is 3.56. The van der Waals surface area contributed by atoms with Crippen molar-refractivity contribution in [3.63, 3.8) is 0 Å². The molecule has 1 heterocycles. The van der Waals surface area contributed by atoms with Crippen LogP contribution < -0.4 is 5.73 Å². The molecule has 94 valence electrons. The van der Waals surface area contributed by atoms with Gasteiger partial charge in [-0.05, 0) is 37.8 Å². The lowest BCUT2D eigenvalue weighted by Crippen LogP contribution is -2.38. The van der Waals surface area contributed by atoms with E-state index in [0.29, 0.717) is 12.3 Å². The first-order chi connectivity index (χ1) is 7.65. The number of carbonyl (C=O) groups excluding carboxylic acids is 1.